The van der Waals surface area contributed by atoms with Crippen LogP contribution in [-0.2, 0) is 15.3 Å². The van der Waals surface area contributed by atoms with Gasteiger partial charge in [0.2, 0.25) is 9.84 Å². The van der Waals surface area contributed by atoms with Crippen LogP contribution in [0.4, 0.5) is 0 Å². The maximum Gasteiger partial charge on any atom is 0.207 e. The van der Waals surface area contributed by atoms with Crippen LogP contribution in [0.2, 0.25) is 0 Å². The molecule has 0 aromatic heterocycles. The molecule has 30 heavy (non-hydrogen) atoms. The summed E-state index contributed by atoms with van der Waals surface area (Å²) >= 11 is 7.30. The van der Waals surface area contributed by atoms with Gasteiger partial charge in [-0.05, 0) is 69.8 Å². The average molecular weight is 538 g/mol. The quantitative estimate of drug-likeness (QED) is 0.215. The van der Waals surface area contributed by atoms with Crippen molar-refractivity contribution in [1.82, 2.24) is 0 Å². The van der Waals surface area contributed by atoms with Crippen LogP contribution in [0, 0.1) is 0 Å². The van der Waals surface area contributed by atoms with E-state index in [0.29, 0.717) is 9.79 Å². The van der Waals surface area contributed by atoms with Gasteiger partial charge in [-0.3, -0.25) is 0 Å². The van der Waals surface area contributed by atoms with Crippen LogP contribution in [-0.4, -0.2) is 8.42 Å². The summed E-state index contributed by atoms with van der Waals surface area (Å²) in [5.74, 6) is 0. The smallest absolute Gasteiger partial charge is 0.207 e. The molecule has 1 spiro atoms. The zero-order valence-corrected chi connectivity index (χ0v) is 19.6. The lowest BCUT2D eigenvalue weighted by molar-refractivity contribution is 0.580. The van der Waals surface area contributed by atoms with Gasteiger partial charge in [-0.15, -0.1) is 0 Å². The molecule has 4 aromatic rings. The third-order valence-corrected chi connectivity index (χ3v) is 9.08. The first-order valence-corrected chi connectivity index (χ1v) is 12.6. The molecule has 1 heterocycles. The first-order chi connectivity index (χ1) is 14.5. The van der Waals surface area contributed by atoms with Crippen molar-refractivity contribution in [3.05, 3.63) is 116 Å². The summed E-state index contributed by atoms with van der Waals surface area (Å²) < 4.78 is 29.1. The van der Waals surface area contributed by atoms with E-state index in [1.807, 2.05) is 36.4 Å². The highest BCUT2D eigenvalue weighted by Crippen LogP contribution is 2.61. The van der Waals surface area contributed by atoms with Crippen LogP contribution in [0.1, 0.15) is 22.3 Å². The Balaban J connectivity index is 1.92. The van der Waals surface area contributed by atoms with E-state index in [2.05, 4.69) is 56.1 Å². The summed E-state index contributed by atoms with van der Waals surface area (Å²) in [6.45, 7) is 0. The highest BCUT2D eigenvalue weighted by molar-refractivity contribution is 9.10. The summed E-state index contributed by atoms with van der Waals surface area (Å²) in [4.78, 5) is 0.755. The Bertz CT molecular complexity index is 1380. The van der Waals surface area contributed by atoms with Gasteiger partial charge in [0.15, 0.2) is 0 Å². The second kappa shape index (κ2) is 6.16. The molecular formula is C25H14Br2O2S. The van der Waals surface area contributed by atoms with Crippen molar-refractivity contribution >= 4 is 41.7 Å². The monoisotopic (exact) mass is 536 g/mol. The molecule has 0 radical (unpaired) electrons. The molecule has 2 nitrogen and oxygen atoms in total. The fraction of sp³-hybridized carbons (Fsp3) is 0.0400. The van der Waals surface area contributed by atoms with E-state index in [1.165, 1.54) is 0 Å². The van der Waals surface area contributed by atoms with Crippen molar-refractivity contribution in [2.24, 2.45) is 0 Å². The van der Waals surface area contributed by atoms with E-state index in [-0.39, 0.29) is 0 Å². The van der Waals surface area contributed by atoms with Gasteiger partial charge in [0, 0.05) is 8.95 Å². The molecular weight excluding hydrogens is 524 g/mol. The third-order valence-electron chi connectivity index (χ3n) is 6.22. The molecule has 0 N–H and O–H groups in total. The van der Waals surface area contributed by atoms with Gasteiger partial charge in [0.1, 0.15) is 0 Å². The van der Waals surface area contributed by atoms with Crippen molar-refractivity contribution in [2.45, 2.75) is 15.2 Å². The molecule has 4 aromatic carbocycles. The van der Waals surface area contributed by atoms with Gasteiger partial charge in [0.25, 0.3) is 0 Å². The molecule has 0 bridgehead atoms. The van der Waals surface area contributed by atoms with Crippen molar-refractivity contribution < 1.29 is 8.42 Å². The highest BCUT2D eigenvalue weighted by atomic mass is 79.9. The van der Waals surface area contributed by atoms with Crippen molar-refractivity contribution in [2.75, 3.05) is 0 Å². The Morgan fingerprint density at radius 1 is 0.567 bits per heavy atom. The van der Waals surface area contributed by atoms with Crippen molar-refractivity contribution in [3.63, 3.8) is 0 Å². The Kier molecular flexibility index (Phi) is 3.81. The molecule has 0 unspecified atom stereocenters. The minimum absolute atomic E-state index is 0.377. The lowest BCUT2D eigenvalue weighted by Crippen LogP contribution is -2.35. The van der Waals surface area contributed by atoms with Crippen molar-refractivity contribution in [3.8, 4) is 11.1 Å². The van der Waals surface area contributed by atoms with Gasteiger partial charge in [-0.25, -0.2) is 8.42 Å². The number of benzene rings is 4. The van der Waals surface area contributed by atoms with E-state index in [0.717, 1.165) is 42.3 Å². The van der Waals surface area contributed by atoms with E-state index in [9.17, 15) is 8.42 Å². The van der Waals surface area contributed by atoms with Crippen LogP contribution in [0.25, 0.3) is 11.1 Å². The molecule has 146 valence electrons. The number of rotatable bonds is 0. The Morgan fingerprint density at radius 2 is 1.00 bits per heavy atom. The van der Waals surface area contributed by atoms with Crippen LogP contribution >= 0.6 is 31.9 Å². The molecule has 5 heteroatoms. The van der Waals surface area contributed by atoms with Gasteiger partial charge >= 0.3 is 0 Å². The Morgan fingerprint density at radius 3 is 1.47 bits per heavy atom. The molecule has 0 atom stereocenters. The van der Waals surface area contributed by atoms with Gasteiger partial charge in [-0.2, -0.15) is 0 Å². The zero-order chi connectivity index (χ0) is 20.7. The number of hydrogen-bond acceptors (Lipinski definition) is 2. The zero-order valence-electron chi connectivity index (χ0n) is 15.6. The third kappa shape index (κ3) is 2.15. The highest BCUT2D eigenvalue weighted by Gasteiger charge is 2.53. The minimum Gasteiger partial charge on any atom is -0.218 e. The summed E-state index contributed by atoms with van der Waals surface area (Å²) in [7, 11) is -3.61. The molecule has 0 amide bonds. The molecule has 0 fully saturated rings. The largest absolute Gasteiger partial charge is 0.218 e. The fourth-order valence-corrected chi connectivity index (χ4v) is 7.63. The van der Waals surface area contributed by atoms with Crippen LogP contribution in [0.3, 0.4) is 0 Å². The van der Waals surface area contributed by atoms with E-state index >= 15 is 0 Å². The van der Waals surface area contributed by atoms with E-state index in [1.54, 1.807) is 24.3 Å². The molecule has 6 rings (SSSR count). The molecule has 2 aliphatic rings. The molecule has 1 aliphatic carbocycles. The number of sulfone groups is 1. The summed E-state index contributed by atoms with van der Waals surface area (Å²) in [5, 5.41) is 0. The summed E-state index contributed by atoms with van der Waals surface area (Å²) in [6.07, 6.45) is 0. The molecule has 1 aliphatic heterocycles. The predicted octanol–water partition coefficient (Wildman–Crippen LogP) is 6.72. The fourth-order valence-electron chi connectivity index (χ4n) is 5.13. The molecule has 0 saturated carbocycles. The summed E-state index contributed by atoms with van der Waals surface area (Å²) in [6, 6.07) is 27.4. The second-order valence-electron chi connectivity index (χ2n) is 7.63. The molecule has 0 saturated heterocycles. The Labute approximate surface area is 191 Å². The maximum atomic E-state index is 13.6. The predicted molar refractivity (Wildman–Crippen MR) is 125 cm³/mol. The second-order valence-corrected chi connectivity index (χ2v) is 11.3. The number of halogens is 2. The standard InChI is InChI=1S/C25H14Br2O2S/c26-15-9-11-17-18-12-10-16(27)14-22(18)25(21(17)13-15)19-5-1-3-7-23(19)30(28,29)24-8-4-2-6-20(24)25/h1-14H. The summed E-state index contributed by atoms with van der Waals surface area (Å²) in [5.41, 5.74) is 5.37. The lowest BCUT2D eigenvalue weighted by Gasteiger charge is -2.39. The SMILES string of the molecule is O=S1(=O)c2ccccc2C2(c3cc(Br)ccc3-c3ccc(Br)cc32)c2ccccc21. The van der Waals surface area contributed by atoms with Crippen molar-refractivity contribution in [1.29, 1.82) is 0 Å². The topological polar surface area (TPSA) is 34.1 Å². The lowest BCUT2D eigenvalue weighted by atomic mass is 9.67. The first kappa shape index (κ1) is 18.6. The van der Waals surface area contributed by atoms with E-state index in [4.69, 9.17) is 0 Å². The Hall–Kier alpha value is -2.21. The number of hydrogen-bond donors (Lipinski definition) is 0. The minimum atomic E-state index is -3.61. The van der Waals surface area contributed by atoms with Gasteiger partial charge in [0.05, 0.1) is 15.2 Å². The van der Waals surface area contributed by atoms with E-state index < -0.39 is 15.3 Å². The van der Waals surface area contributed by atoms with Gasteiger partial charge < -0.3 is 0 Å². The van der Waals surface area contributed by atoms with Gasteiger partial charge in [-0.1, -0.05) is 80.4 Å². The maximum absolute atomic E-state index is 13.6. The van der Waals surface area contributed by atoms with Crippen LogP contribution in [0.15, 0.2) is 104 Å². The van der Waals surface area contributed by atoms with Crippen LogP contribution in [0.5, 0.6) is 0 Å². The first-order valence-electron chi connectivity index (χ1n) is 9.50. The normalized spacial score (nSPS) is 16.5. The van der Waals surface area contributed by atoms with Crippen LogP contribution < -0.4 is 0 Å². The number of fused-ring (bicyclic) bond motifs is 9. The average Bonchev–Trinajstić information content (AvgIpc) is 3.02.